The van der Waals surface area contributed by atoms with Crippen molar-refractivity contribution in [1.82, 2.24) is 25.3 Å². The number of amides is 1. The molecule has 2 aromatic rings. The highest BCUT2D eigenvalue weighted by Crippen LogP contribution is 2.32. The smallest absolute Gasteiger partial charge is 0.223 e. The van der Waals surface area contributed by atoms with Gasteiger partial charge in [-0.3, -0.25) is 4.79 Å². The van der Waals surface area contributed by atoms with E-state index in [9.17, 15) is 9.18 Å². The van der Waals surface area contributed by atoms with Gasteiger partial charge < -0.3 is 15.2 Å². The number of nitrogens with one attached hydrogen (secondary N) is 2. The maximum Gasteiger partial charge on any atom is 0.223 e. The van der Waals surface area contributed by atoms with Crippen molar-refractivity contribution >= 4 is 22.9 Å². The van der Waals surface area contributed by atoms with Crippen molar-refractivity contribution in [3.8, 4) is 0 Å². The number of fused-ring (bicyclic) bond motifs is 1. The minimum absolute atomic E-state index is 0.000534. The molecular formula is C15H19FN6O. The van der Waals surface area contributed by atoms with E-state index in [4.69, 9.17) is 0 Å². The Morgan fingerprint density at radius 3 is 2.87 bits per heavy atom. The quantitative estimate of drug-likeness (QED) is 0.884. The topological polar surface area (TPSA) is 86.8 Å². The molecule has 0 spiro atoms. The maximum atomic E-state index is 14.9. The van der Waals surface area contributed by atoms with Crippen LogP contribution in [0.4, 0.5) is 10.2 Å². The molecule has 1 saturated heterocycles. The molecule has 122 valence electrons. The Labute approximate surface area is 132 Å². The standard InChI is InChI=1S/C15H19FN6O/c16-15(7-17-14(23)10-1-2-10)3-5-22(6-4-15)13-11-12(19-8-18-11)20-9-21-13/h8-10H,1-7H2,(H,17,23)(H,18,19,20,21). The Bertz CT molecular complexity index is 720. The molecule has 23 heavy (non-hydrogen) atoms. The predicted octanol–water partition coefficient (Wildman–Crippen LogP) is 1.19. The lowest BCUT2D eigenvalue weighted by Gasteiger charge is -2.37. The van der Waals surface area contributed by atoms with E-state index in [1.54, 1.807) is 6.33 Å². The number of piperidine rings is 1. The third kappa shape index (κ3) is 2.85. The van der Waals surface area contributed by atoms with Crippen LogP contribution in [0.5, 0.6) is 0 Å². The van der Waals surface area contributed by atoms with Crippen LogP contribution < -0.4 is 10.2 Å². The van der Waals surface area contributed by atoms with Crippen LogP contribution in [0.15, 0.2) is 12.7 Å². The van der Waals surface area contributed by atoms with Crippen LogP contribution in [-0.4, -0.2) is 51.1 Å². The number of H-pyrrole nitrogens is 1. The Morgan fingerprint density at radius 2 is 2.13 bits per heavy atom. The third-order valence-electron chi connectivity index (χ3n) is 4.69. The summed E-state index contributed by atoms with van der Waals surface area (Å²) >= 11 is 0. The monoisotopic (exact) mass is 318 g/mol. The summed E-state index contributed by atoms with van der Waals surface area (Å²) in [6, 6.07) is 0. The van der Waals surface area contributed by atoms with Gasteiger partial charge in [0.2, 0.25) is 5.91 Å². The number of aromatic amines is 1. The highest BCUT2D eigenvalue weighted by molar-refractivity contribution is 5.82. The number of imidazole rings is 1. The molecule has 2 fully saturated rings. The number of aromatic nitrogens is 4. The number of anilines is 1. The zero-order chi connectivity index (χ0) is 15.9. The second-order valence-electron chi connectivity index (χ2n) is 6.43. The molecule has 2 N–H and O–H groups in total. The number of carbonyl (C=O) groups excluding carboxylic acids is 1. The summed E-state index contributed by atoms with van der Waals surface area (Å²) in [6.45, 7) is 1.22. The average molecular weight is 318 g/mol. The molecule has 0 atom stereocenters. The summed E-state index contributed by atoms with van der Waals surface area (Å²) in [6.07, 6.45) is 5.68. The van der Waals surface area contributed by atoms with Gasteiger partial charge >= 0.3 is 0 Å². The average Bonchev–Trinajstić information content (AvgIpc) is 3.30. The van der Waals surface area contributed by atoms with Crippen molar-refractivity contribution in [3.05, 3.63) is 12.7 Å². The van der Waals surface area contributed by atoms with Gasteiger partial charge in [-0.25, -0.2) is 19.3 Å². The second-order valence-corrected chi connectivity index (χ2v) is 6.43. The van der Waals surface area contributed by atoms with Gasteiger partial charge in [0.1, 0.15) is 17.5 Å². The molecule has 8 heteroatoms. The number of hydrogen-bond acceptors (Lipinski definition) is 5. The van der Waals surface area contributed by atoms with Crippen molar-refractivity contribution < 1.29 is 9.18 Å². The molecule has 0 bridgehead atoms. The molecule has 2 aliphatic rings. The Morgan fingerprint density at radius 1 is 1.35 bits per heavy atom. The van der Waals surface area contributed by atoms with E-state index in [0.717, 1.165) is 24.2 Å². The number of rotatable bonds is 4. The first-order valence-electron chi connectivity index (χ1n) is 8.00. The molecule has 2 aromatic heterocycles. The Kier molecular flexibility index (Phi) is 3.39. The molecule has 0 aromatic carbocycles. The first kappa shape index (κ1) is 14.3. The van der Waals surface area contributed by atoms with Crippen LogP contribution >= 0.6 is 0 Å². The molecule has 0 radical (unpaired) electrons. The van der Waals surface area contributed by atoms with Gasteiger partial charge in [0.15, 0.2) is 11.5 Å². The second kappa shape index (κ2) is 5.43. The summed E-state index contributed by atoms with van der Waals surface area (Å²) in [5.74, 6) is 0.879. The van der Waals surface area contributed by atoms with Crippen LogP contribution in [0.25, 0.3) is 11.2 Å². The predicted molar refractivity (Wildman–Crippen MR) is 82.7 cm³/mol. The summed E-state index contributed by atoms with van der Waals surface area (Å²) in [4.78, 5) is 29.3. The van der Waals surface area contributed by atoms with Crippen LogP contribution in [-0.2, 0) is 4.79 Å². The van der Waals surface area contributed by atoms with E-state index in [-0.39, 0.29) is 18.4 Å². The maximum absolute atomic E-state index is 14.9. The van der Waals surface area contributed by atoms with Crippen molar-refractivity contribution in [2.45, 2.75) is 31.4 Å². The van der Waals surface area contributed by atoms with Crippen LogP contribution in [0.2, 0.25) is 0 Å². The third-order valence-corrected chi connectivity index (χ3v) is 4.69. The SMILES string of the molecule is O=C(NCC1(F)CCN(c2ncnc3nc[nH]c23)CC1)C1CC1. The fourth-order valence-electron chi connectivity index (χ4n) is 3.02. The first-order chi connectivity index (χ1) is 11.1. The van der Waals surface area contributed by atoms with Gasteiger partial charge in [-0.1, -0.05) is 0 Å². The minimum atomic E-state index is -1.33. The van der Waals surface area contributed by atoms with E-state index in [2.05, 4.69) is 25.3 Å². The lowest BCUT2D eigenvalue weighted by atomic mass is 9.93. The van der Waals surface area contributed by atoms with Gasteiger partial charge in [-0.05, 0) is 12.8 Å². The molecule has 7 nitrogen and oxygen atoms in total. The Balaban J connectivity index is 1.40. The van der Waals surface area contributed by atoms with Crippen LogP contribution in [0.1, 0.15) is 25.7 Å². The number of nitrogens with zero attached hydrogens (tertiary/aromatic N) is 4. The molecule has 3 heterocycles. The highest BCUT2D eigenvalue weighted by atomic mass is 19.1. The summed E-state index contributed by atoms with van der Waals surface area (Å²) < 4.78 is 14.9. The van der Waals surface area contributed by atoms with Gasteiger partial charge in [0, 0.05) is 31.8 Å². The molecule has 1 aliphatic heterocycles. The molecule has 1 saturated carbocycles. The van der Waals surface area contributed by atoms with E-state index < -0.39 is 5.67 Å². The van der Waals surface area contributed by atoms with Gasteiger partial charge in [0.05, 0.1) is 12.9 Å². The van der Waals surface area contributed by atoms with E-state index in [0.29, 0.717) is 31.6 Å². The fourth-order valence-corrected chi connectivity index (χ4v) is 3.02. The zero-order valence-corrected chi connectivity index (χ0v) is 12.8. The van der Waals surface area contributed by atoms with E-state index >= 15 is 0 Å². The van der Waals surface area contributed by atoms with Crippen molar-refractivity contribution in [2.75, 3.05) is 24.5 Å². The normalized spacial score (nSPS) is 20.7. The van der Waals surface area contributed by atoms with E-state index in [1.165, 1.54) is 6.33 Å². The van der Waals surface area contributed by atoms with Crippen molar-refractivity contribution in [1.29, 1.82) is 0 Å². The summed E-state index contributed by atoms with van der Waals surface area (Å²) in [5.41, 5.74) is 0.0611. The highest BCUT2D eigenvalue weighted by Gasteiger charge is 2.37. The number of halogens is 1. The Hall–Kier alpha value is -2.25. The number of alkyl halides is 1. The number of hydrogen-bond donors (Lipinski definition) is 2. The fraction of sp³-hybridized carbons (Fsp3) is 0.600. The number of carbonyl (C=O) groups is 1. The minimum Gasteiger partial charge on any atom is -0.354 e. The molecule has 1 amide bonds. The zero-order valence-electron chi connectivity index (χ0n) is 12.8. The van der Waals surface area contributed by atoms with Gasteiger partial charge in [-0.15, -0.1) is 0 Å². The van der Waals surface area contributed by atoms with Crippen molar-refractivity contribution in [2.24, 2.45) is 5.92 Å². The molecular weight excluding hydrogens is 299 g/mol. The summed E-state index contributed by atoms with van der Waals surface area (Å²) in [5, 5.41) is 2.76. The van der Waals surface area contributed by atoms with Gasteiger partial charge in [-0.2, -0.15) is 0 Å². The molecule has 0 unspecified atom stereocenters. The van der Waals surface area contributed by atoms with Crippen LogP contribution in [0.3, 0.4) is 0 Å². The lowest BCUT2D eigenvalue weighted by Crippen LogP contribution is -2.48. The van der Waals surface area contributed by atoms with Gasteiger partial charge in [0.25, 0.3) is 0 Å². The lowest BCUT2D eigenvalue weighted by molar-refractivity contribution is -0.123. The van der Waals surface area contributed by atoms with Crippen LogP contribution in [0, 0.1) is 5.92 Å². The first-order valence-corrected chi connectivity index (χ1v) is 8.00. The van der Waals surface area contributed by atoms with Crippen molar-refractivity contribution in [3.63, 3.8) is 0 Å². The van der Waals surface area contributed by atoms with E-state index in [1.807, 2.05) is 4.90 Å². The molecule has 1 aliphatic carbocycles. The molecule has 4 rings (SSSR count). The summed E-state index contributed by atoms with van der Waals surface area (Å²) in [7, 11) is 0. The largest absolute Gasteiger partial charge is 0.354 e.